The van der Waals surface area contributed by atoms with Gasteiger partial charge in [-0.2, -0.15) is 0 Å². The number of ether oxygens (including phenoxy) is 1. The summed E-state index contributed by atoms with van der Waals surface area (Å²) in [6.45, 7) is 7.00. The summed E-state index contributed by atoms with van der Waals surface area (Å²) < 4.78 is 5.84. The average Bonchev–Trinajstić information content (AvgIpc) is 2.70. The fourth-order valence-electron chi connectivity index (χ4n) is 3.21. The predicted molar refractivity (Wildman–Crippen MR) is 112 cm³/mol. The van der Waals surface area contributed by atoms with Gasteiger partial charge in [0.1, 0.15) is 5.75 Å². The fraction of sp³-hybridized carbons (Fsp3) is 0.476. The fourth-order valence-corrected chi connectivity index (χ4v) is 3.94. The van der Waals surface area contributed by atoms with Crippen LogP contribution in [0, 0.1) is 6.92 Å². The Morgan fingerprint density at radius 3 is 2.82 bits per heavy atom. The molecule has 1 saturated heterocycles. The molecule has 2 heterocycles. The number of likely N-dealkylation sites (tertiary alicyclic amines) is 1. The Bertz CT molecular complexity index is 769. The maximum Gasteiger partial charge on any atom is 0.252 e. The van der Waals surface area contributed by atoms with Crippen molar-refractivity contribution in [2.24, 2.45) is 0 Å². The van der Waals surface area contributed by atoms with Crippen molar-refractivity contribution in [3.05, 3.63) is 42.2 Å². The van der Waals surface area contributed by atoms with Crippen LogP contribution in [0.3, 0.4) is 0 Å². The van der Waals surface area contributed by atoms with E-state index in [1.807, 2.05) is 31.2 Å². The number of thioether (sulfide) groups is 1. The van der Waals surface area contributed by atoms with E-state index in [0.29, 0.717) is 35.0 Å². The molecule has 0 aliphatic carbocycles. The van der Waals surface area contributed by atoms with Gasteiger partial charge in [0.2, 0.25) is 5.91 Å². The Kier molecular flexibility index (Phi) is 7.68. The number of carbonyl (C=O) groups excluding carboxylic acids is 1. The van der Waals surface area contributed by atoms with Crippen molar-refractivity contribution in [2.75, 3.05) is 25.4 Å². The van der Waals surface area contributed by atoms with Crippen molar-refractivity contribution in [3.8, 4) is 11.6 Å². The molecule has 2 aromatic rings. The zero-order chi connectivity index (χ0) is 19.8. The Labute approximate surface area is 171 Å². The molecule has 3 rings (SSSR count). The van der Waals surface area contributed by atoms with Crippen LogP contribution in [-0.2, 0) is 4.79 Å². The van der Waals surface area contributed by atoms with Crippen molar-refractivity contribution in [1.29, 1.82) is 0 Å². The van der Waals surface area contributed by atoms with Gasteiger partial charge in [0.15, 0.2) is 5.03 Å². The molecule has 1 aliphatic rings. The van der Waals surface area contributed by atoms with Crippen LogP contribution in [0.15, 0.2) is 41.7 Å². The lowest BCUT2D eigenvalue weighted by Gasteiger charge is -2.33. The van der Waals surface area contributed by atoms with E-state index in [2.05, 4.69) is 27.1 Å². The lowest BCUT2D eigenvalue weighted by atomic mass is 10.0. The van der Waals surface area contributed by atoms with Gasteiger partial charge in [0.05, 0.1) is 5.75 Å². The molecule has 150 valence electrons. The number of hydrogen-bond acceptors (Lipinski definition) is 6. The molecule has 1 aromatic carbocycles. The molecule has 0 bridgehead atoms. The van der Waals surface area contributed by atoms with Gasteiger partial charge in [-0.25, -0.2) is 9.97 Å². The molecule has 1 fully saturated rings. The standard InChI is InChI=1S/C21H28N4O2S/c1-16-6-8-18(9-7-16)27-20-21(24-11-10-23-20)28-15-19(26)22-12-14-25-13-4-3-5-17(25)2/h6-11,17H,3-5,12-15H2,1-2H3,(H,22,26). The summed E-state index contributed by atoms with van der Waals surface area (Å²) in [5, 5.41) is 3.62. The maximum absolute atomic E-state index is 12.2. The normalized spacial score (nSPS) is 17.3. The number of nitrogens with zero attached hydrogens (tertiary/aromatic N) is 3. The highest BCUT2D eigenvalue weighted by Gasteiger charge is 2.17. The number of rotatable bonds is 8. The SMILES string of the molecule is Cc1ccc(Oc2nccnc2SCC(=O)NCCN2CCCCC2C)cc1. The van der Waals surface area contributed by atoms with Gasteiger partial charge in [-0.1, -0.05) is 35.9 Å². The number of nitrogens with one attached hydrogen (secondary N) is 1. The van der Waals surface area contributed by atoms with Gasteiger partial charge in [0.25, 0.3) is 5.88 Å². The summed E-state index contributed by atoms with van der Waals surface area (Å²) in [4.78, 5) is 23.2. The van der Waals surface area contributed by atoms with Crippen LogP contribution in [0.1, 0.15) is 31.7 Å². The molecule has 28 heavy (non-hydrogen) atoms. The van der Waals surface area contributed by atoms with Gasteiger partial charge in [0, 0.05) is 31.5 Å². The van der Waals surface area contributed by atoms with Crippen LogP contribution < -0.4 is 10.1 Å². The van der Waals surface area contributed by atoms with Crippen molar-refractivity contribution in [1.82, 2.24) is 20.2 Å². The van der Waals surface area contributed by atoms with E-state index in [9.17, 15) is 4.79 Å². The van der Waals surface area contributed by atoms with Gasteiger partial charge in [-0.15, -0.1) is 0 Å². The minimum absolute atomic E-state index is 0.00148. The summed E-state index contributed by atoms with van der Waals surface area (Å²) in [7, 11) is 0. The first-order valence-electron chi connectivity index (χ1n) is 9.81. The lowest BCUT2D eigenvalue weighted by molar-refractivity contribution is -0.118. The van der Waals surface area contributed by atoms with Crippen LogP contribution >= 0.6 is 11.8 Å². The summed E-state index contributed by atoms with van der Waals surface area (Å²) in [6, 6.07) is 8.37. The molecular formula is C21H28N4O2S. The van der Waals surface area contributed by atoms with E-state index in [0.717, 1.165) is 18.7 Å². The topological polar surface area (TPSA) is 67.3 Å². The number of aromatic nitrogens is 2. The molecule has 1 unspecified atom stereocenters. The third kappa shape index (κ3) is 6.21. The minimum atomic E-state index is 0.00148. The van der Waals surface area contributed by atoms with Crippen LogP contribution in [0.25, 0.3) is 0 Å². The second-order valence-electron chi connectivity index (χ2n) is 7.10. The van der Waals surface area contributed by atoms with Crippen LogP contribution in [-0.4, -0.2) is 52.2 Å². The average molecular weight is 401 g/mol. The molecule has 1 N–H and O–H groups in total. The second-order valence-corrected chi connectivity index (χ2v) is 8.07. The van der Waals surface area contributed by atoms with E-state index in [4.69, 9.17) is 4.74 Å². The molecule has 0 radical (unpaired) electrons. The number of benzene rings is 1. The number of hydrogen-bond donors (Lipinski definition) is 1. The quantitative estimate of drug-likeness (QED) is 0.682. The number of carbonyl (C=O) groups is 1. The first-order valence-corrected chi connectivity index (χ1v) is 10.8. The van der Waals surface area contributed by atoms with Crippen LogP contribution in [0.5, 0.6) is 11.6 Å². The predicted octanol–water partition coefficient (Wildman–Crippen LogP) is 3.66. The van der Waals surface area contributed by atoms with E-state index in [1.54, 1.807) is 12.4 Å². The van der Waals surface area contributed by atoms with Gasteiger partial charge in [-0.05, 0) is 45.4 Å². The molecular weight excluding hydrogens is 372 g/mol. The highest BCUT2D eigenvalue weighted by Crippen LogP contribution is 2.28. The highest BCUT2D eigenvalue weighted by atomic mass is 32.2. The van der Waals surface area contributed by atoms with Crippen molar-refractivity contribution >= 4 is 17.7 Å². The summed E-state index contributed by atoms with van der Waals surface area (Å²) in [5.74, 6) is 1.42. The largest absolute Gasteiger partial charge is 0.437 e. The van der Waals surface area contributed by atoms with Crippen molar-refractivity contribution in [2.45, 2.75) is 44.2 Å². The van der Waals surface area contributed by atoms with E-state index >= 15 is 0 Å². The third-order valence-corrected chi connectivity index (χ3v) is 5.83. The lowest BCUT2D eigenvalue weighted by Crippen LogP contribution is -2.42. The molecule has 6 nitrogen and oxygen atoms in total. The maximum atomic E-state index is 12.2. The Balaban J connectivity index is 1.46. The zero-order valence-corrected chi connectivity index (χ0v) is 17.4. The van der Waals surface area contributed by atoms with E-state index in [-0.39, 0.29) is 5.91 Å². The van der Waals surface area contributed by atoms with Gasteiger partial charge >= 0.3 is 0 Å². The smallest absolute Gasteiger partial charge is 0.252 e. The summed E-state index contributed by atoms with van der Waals surface area (Å²) >= 11 is 1.34. The highest BCUT2D eigenvalue weighted by molar-refractivity contribution is 8.00. The number of aryl methyl sites for hydroxylation is 1. The number of amides is 1. The van der Waals surface area contributed by atoms with Crippen molar-refractivity contribution < 1.29 is 9.53 Å². The van der Waals surface area contributed by atoms with Gasteiger partial charge < -0.3 is 10.1 Å². The molecule has 0 spiro atoms. The second kappa shape index (κ2) is 10.4. The molecule has 1 aliphatic heterocycles. The first kappa shape index (κ1) is 20.6. The van der Waals surface area contributed by atoms with Crippen LogP contribution in [0.4, 0.5) is 0 Å². The summed E-state index contributed by atoms with van der Waals surface area (Å²) in [6.07, 6.45) is 7.02. The van der Waals surface area contributed by atoms with E-state index in [1.165, 1.54) is 31.0 Å². The third-order valence-electron chi connectivity index (χ3n) is 4.87. The first-order chi connectivity index (χ1) is 13.6. The zero-order valence-electron chi connectivity index (χ0n) is 16.6. The number of piperidine rings is 1. The Hall–Kier alpha value is -2.12. The monoisotopic (exact) mass is 400 g/mol. The molecule has 0 saturated carbocycles. The Morgan fingerprint density at radius 2 is 2.04 bits per heavy atom. The molecule has 7 heteroatoms. The molecule has 1 aromatic heterocycles. The van der Waals surface area contributed by atoms with Gasteiger partial charge in [-0.3, -0.25) is 9.69 Å². The molecule has 1 amide bonds. The summed E-state index contributed by atoms with van der Waals surface area (Å²) in [5.41, 5.74) is 1.16. The Morgan fingerprint density at radius 1 is 1.25 bits per heavy atom. The minimum Gasteiger partial charge on any atom is -0.437 e. The van der Waals surface area contributed by atoms with E-state index < -0.39 is 0 Å². The molecule has 1 atom stereocenters. The van der Waals surface area contributed by atoms with Crippen LogP contribution in [0.2, 0.25) is 0 Å². The van der Waals surface area contributed by atoms with Crippen molar-refractivity contribution in [3.63, 3.8) is 0 Å².